The second kappa shape index (κ2) is 21.6. The third-order valence-electron chi connectivity index (χ3n) is 7.71. The molecule has 2 atom stereocenters. The minimum atomic E-state index is -2.68. The number of aryl methyl sites for hydroxylation is 1. The summed E-state index contributed by atoms with van der Waals surface area (Å²) in [6.07, 6.45) is 10.2. The zero-order chi connectivity index (χ0) is 34.1. The molecule has 0 aliphatic carbocycles. The standard InChI is InChI=1S/C28H52O5P2.C5H12O4/c1-21(2)17-15-13-11-10-12-14-16-18-25(32-35(31)33-34(29)30)26-23(27(4,5)6)19-22(3)20-24(26)28(7,8)9;6-1-5(2-7,3-8)4-9/h19-21,25,29-31H,10-18H2,1-9H3;6-9H,1-4H2. The van der Waals surface area contributed by atoms with E-state index in [9.17, 15) is 14.7 Å². The highest BCUT2D eigenvalue weighted by molar-refractivity contribution is 7.54. The average Bonchev–Trinajstić information content (AvgIpc) is 2.91. The largest absolute Gasteiger partial charge is 0.396 e. The number of rotatable bonds is 19. The van der Waals surface area contributed by atoms with Crippen LogP contribution in [0.4, 0.5) is 0 Å². The lowest BCUT2D eigenvalue weighted by atomic mass is 9.73. The van der Waals surface area contributed by atoms with Gasteiger partial charge >= 0.3 is 17.2 Å². The maximum Gasteiger partial charge on any atom is 0.337 e. The predicted molar refractivity (Wildman–Crippen MR) is 181 cm³/mol. The van der Waals surface area contributed by atoms with Crippen LogP contribution in [0, 0.1) is 18.3 Å². The Morgan fingerprint density at radius 1 is 0.659 bits per heavy atom. The van der Waals surface area contributed by atoms with E-state index >= 15 is 0 Å². The van der Waals surface area contributed by atoms with Crippen LogP contribution in [-0.2, 0) is 19.7 Å². The Morgan fingerprint density at radius 3 is 1.36 bits per heavy atom. The van der Waals surface area contributed by atoms with E-state index in [0.29, 0.717) is 0 Å². The lowest BCUT2D eigenvalue weighted by molar-refractivity contribution is -0.0328. The van der Waals surface area contributed by atoms with Crippen molar-refractivity contribution in [3.8, 4) is 0 Å². The van der Waals surface area contributed by atoms with Crippen molar-refractivity contribution in [2.45, 2.75) is 137 Å². The van der Waals surface area contributed by atoms with Crippen LogP contribution in [0.5, 0.6) is 0 Å². The molecule has 0 aliphatic heterocycles. The molecular weight excluding hydrogens is 602 g/mol. The Kier molecular flexibility index (Phi) is 21.4. The fourth-order valence-electron chi connectivity index (χ4n) is 4.89. The van der Waals surface area contributed by atoms with E-state index in [0.717, 1.165) is 30.7 Å². The van der Waals surface area contributed by atoms with Crippen LogP contribution < -0.4 is 0 Å². The smallest absolute Gasteiger partial charge is 0.337 e. The summed E-state index contributed by atoms with van der Waals surface area (Å²) in [5.74, 6) is 0.791. The summed E-state index contributed by atoms with van der Waals surface area (Å²) in [7, 11) is -5.08. The Balaban J connectivity index is 0.00000177. The molecule has 0 aliphatic rings. The van der Waals surface area contributed by atoms with Gasteiger partial charge < -0.3 is 39.6 Å². The Bertz CT molecular complexity index is 842. The number of hydrogen-bond donors (Lipinski definition) is 7. The molecule has 0 saturated heterocycles. The quantitative estimate of drug-likeness (QED) is 0.0598. The second-order valence-electron chi connectivity index (χ2n) is 14.5. The number of hydrogen-bond acceptors (Lipinski definition) is 9. The molecule has 1 aromatic carbocycles. The van der Waals surface area contributed by atoms with Gasteiger partial charge in [0.2, 0.25) is 0 Å². The molecule has 0 fully saturated rings. The highest BCUT2D eigenvalue weighted by Gasteiger charge is 2.33. The first-order valence-electron chi connectivity index (χ1n) is 16.0. The van der Waals surface area contributed by atoms with Gasteiger partial charge in [0, 0.05) is 0 Å². The van der Waals surface area contributed by atoms with Gasteiger partial charge in [-0.05, 0) is 46.8 Å². The molecule has 260 valence electrons. The number of unbranched alkanes of at least 4 members (excludes halogenated alkanes) is 6. The Morgan fingerprint density at radius 2 is 1.05 bits per heavy atom. The third-order valence-corrected chi connectivity index (χ3v) is 9.29. The first kappa shape index (κ1) is 43.7. The zero-order valence-corrected chi connectivity index (χ0v) is 30.6. The number of aliphatic hydroxyl groups is 4. The van der Waals surface area contributed by atoms with Gasteiger partial charge in [0.25, 0.3) is 0 Å². The van der Waals surface area contributed by atoms with Crippen LogP contribution in [0.15, 0.2) is 12.1 Å². The summed E-state index contributed by atoms with van der Waals surface area (Å²) in [5.41, 5.74) is 3.38. The maximum absolute atomic E-state index is 10.4. The van der Waals surface area contributed by atoms with E-state index in [2.05, 4.69) is 74.4 Å². The van der Waals surface area contributed by atoms with Crippen molar-refractivity contribution in [1.29, 1.82) is 0 Å². The molecule has 0 saturated carbocycles. The average molecular weight is 667 g/mol. The summed E-state index contributed by atoms with van der Waals surface area (Å²) < 4.78 is 10.9. The third kappa shape index (κ3) is 17.0. The molecule has 0 bridgehead atoms. The van der Waals surface area contributed by atoms with Crippen molar-refractivity contribution >= 4 is 17.2 Å². The summed E-state index contributed by atoms with van der Waals surface area (Å²) in [5, 5.41) is 34.0. The minimum Gasteiger partial charge on any atom is -0.396 e. The Hall–Kier alpha value is -0.280. The number of aliphatic hydroxyl groups excluding tert-OH is 4. The van der Waals surface area contributed by atoms with Crippen molar-refractivity contribution in [3.63, 3.8) is 0 Å². The molecule has 2 unspecified atom stereocenters. The molecule has 1 rings (SSSR count). The van der Waals surface area contributed by atoms with E-state index in [1.165, 1.54) is 55.2 Å². The lowest BCUT2D eigenvalue weighted by Gasteiger charge is -2.35. The highest BCUT2D eigenvalue weighted by atomic mass is 31.2. The molecular formula is C33H64O9P2. The summed E-state index contributed by atoms with van der Waals surface area (Å²) in [6, 6.07) is 4.45. The van der Waals surface area contributed by atoms with Crippen LogP contribution in [0.25, 0.3) is 0 Å². The van der Waals surface area contributed by atoms with Gasteiger partial charge in [-0.2, -0.15) is 0 Å². The lowest BCUT2D eigenvalue weighted by Crippen LogP contribution is -2.37. The summed E-state index contributed by atoms with van der Waals surface area (Å²) >= 11 is 0. The van der Waals surface area contributed by atoms with E-state index in [4.69, 9.17) is 29.3 Å². The second-order valence-corrected chi connectivity index (χ2v) is 16.4. The molecule has 0 radical (unpaired) electrons. The van der Waals surface area contributed by atoms with Crippen LogP contribution in [0.2, 0.25) is 0 Å². The van der Waals surface area contributed by atoms with Gasteiger partial charge in [0.15, 0.2) is 0 Å². The molecule has 1 aromatic rings. The highest BCUT2D eigenvalue weighted by Crippen LogP contribution is 2.52. The zero-order valence-electron chi connectivity index (χ0n) is 28.8. The van der Waals surface area contributed by atoms with Crippen molar-refractivity contribution in [2.24, 2.45) is 11.3 Å². The monoisotopic (exact) mass is 666 g/mol. The van der Waals surface area contributed by atoms with E-state index in [1.54, 1.807) is 0 Å². The van der Waals surface area contributed by atoms with Crippen LogP contribution >= 0.6 is 17.2 Å². The fraction of sp³-hybridized carbons (Fsp3) is 0.818. The molecule has 44 heavy (non-hydrogen) atoms. The summed E-state index contributed by atoms with van der Waals surface area (Å²) in [6.45, 7) is 18.3. The van der Waals surface area contributed by atoms with Gasteiger partial charge in [-0.3, -0.25) is 0 Å². The first-order valence-corrected chi connectivity index (χ1v) is 18.3. The van der Waals surface area contributed by atoms with Crippen LogP contribution in [-0.4, -0.2) is 61.5 Å². The van der Waals surface area contributed by atoms with E-state index in [-0.39, 0.29) is 16.9 Å². The SMILES string of the molecule is Cc1cc(C(C)(C)C)c(C(CCCCCCCCCC(C)C)OP(O)OP(O)O)c(C(C)(C)C)c1.OCC(CO)(CO)CO. The van der Waals surface area contributed by atoms with E-state index in [1.807, 2.05) is 0 Å². The van der Waals surface area contributed by atoms with Gasteiger partial charge in [0.05, 0.1) is 37.9 Å². The molecule has 0 spiro atoms. The van der Waals surface area contributed by atoms with Crippen molar-refractivity contribution in [3.05, 3.63) is 34.4 Å². The predicted octanol–water partition coefficient (Wildman–Crippen LogP) is 7.20. The fourth-order valence-corrected chi connectivity index (χ4v) is 5.97. The molecule has 9 nitrogen and oxygen atoms in total. The summed E-state index contributed by atoms with van der Waals surface area (Å²) in [4.78, 5) is 28.9. The normalized spacial score (nSPS) is 14.1. The van der Waals surface area contributed by atoms with Crippen LogP contribution in [0.1, 0.15) is 142 Å². The maximum atomic E-state index is 10.4. The van der Waals surface area contributed by atoms with Crippen LogP contribution in [0.3, 0.4) is 0 Å². The van der Waals surface area contributed by atoms with Gasteiger partial charge in [-0.25, -0.2) is 4.31 Å². The van der Waals surface area contributed by atoms with E-state index < -0.39 is 49.0 Å². The van der Waals surface area contributed by atoms with Gasteiger partial charge in [-0.15, -0.1) is 0 Å². The Labute approximate surface area is 270 Å². The first-order chi connectivity index (χ1) is 20.4. The molecule has 0 amide bonds. The number of benzene rings is 1. The molecule has 0 aromatic heterocycles. The van der Waals surface area contributed by atoms with Crippen molar-refractivity contribution in [2.75, 3.05) is 26.4 Å². The molecule has 7 N–H and O–H groups in total. The van der Waals surface area contributed by atoms with Gasteiger partial charge in [-0.1, -0.05) is 124 Å². The van der Waals surface area contributed by atoms with Crippen molar-refractivity contribution in [1.82, 2.24) is 0 Å². The molecule has 0 heterocycles. The van der Waals surface area contributed by atoms with Crippen molar-refractivity contribution < 1.29 is 43.9 Å². The molecule has 11 heteroatoms. The van der Waals surface area contributed by atoms with Gasteiger partial charge in [0.1, 0.15) is 0 Å². The minimum absolute atomic E-state index is 0.113. The topological polar surface area (TPSA) is 160 Å².